The Morgan fingerprint density at radius 3 is 2.59 bits per heavy atom. The molecule has 3 aromatic carbocycles. The maximum absolute atomic E-state index is 13.1. The van der Waals surface area contributed by atoms with Crippen LogP contribution < -0.4 is 10.1 Å². The summed E-state index contributed by atoms with van der Waals surface area (Å²) in [4.78, 5) is 23.7. The zero-order valence-electron chi connectivity index (χ0n) is 15.4. The Balaban J connectivity index is 1.54. The van der Waals surface area contributed by atoms with Gasteiger partial charge in [-0.15, -0.1) is 0 Å². The van der Waals surface area contributed by atoms with Crippen LogP contribution in [0.4, 0.5) is 10.1 Å². The Morgan fingerprint density at radius 1 is 1.07 bits per heavy atom. The van der Waals surface area contributed by atoms with Gasteiger partial charge in [0.1, 0.15) is 11.6 Å². The van der Waals surface area contributed by atoms with E-state index in [1.54, 1.807) is 13.2 Å². The number of hydrogen-bond acceptors (Lipinski definition) is 4. The average molecular weight is 414 g/mol. The number of rotatable bonds is 6. The number of anilines is 1. The van der Waals surface area contributed by atoms with Crippen molar-refractivity contribution in [2.45, 2.75) is 0 Å². The summed E-state index contributed by atoms with van der Waals surface area (Å²) in [5, 5.41) is 4.37. The monoisotopic (exact) mass is 413 g/mol. The summed E-state index contributed by atoms with van der Waals surface area (Å²) in [6.45, 7) is -0.477. The summed E-state index contributed by atoms with van der Waals surface area (Å²) in [5.41, 5.74) is 1.12. The lowest BCUT2D eigenvalue weighted by atomic mass is 10.1. The first-order valence-electron chi connectivity index (χ1n) is 8.62. The predicted molar refractivity (Wildman–Crippen MR) is 111 cm³/mol. The van der Waals surface area contributed by atoms with Crippen molar-refractivity contribution in [2.75, 3.05) is 19.0 Å². The van der Waals surface area contributed by atoms with Crippen molar-refractivity contribution in [1.29, 1.82) is 0 Å². The number of carbonyl (C=O) groups excluding carboxylic acids is 2. The van der Waals surface area contributed by atoms with Crippen LogP contribution in [0.3, 0.4) is 0 Å². The minimum Gasteiger partial charge on any atom is -0.497 e. The molecule has 7 heteroatoms. The Labute approximate surface area is 171 Å². The molecule has 0 aliphatic heterocycles. The summed E-state index contributed by atoms with van der Waals surface area (Å²) < 4.78 is 23.2. The van der Waals surface area contributed by atoms with E-state index in [4.69, 9.17) is 21.1 Å². The second-order valence-corrected chi connectivity index (χ2v) is 6.50. The van der Waals surface area contributed by atoms with Gasteiger partial charge in [-0.3, -0.25) is 4.79 Å². The molecular formula is C22H17ClFNO4. The van der Waals surface area contributed by atoms with Gasteiger partial charge in [0.05, 0.1) is 12.1 Å². The number of ether oxygens (including phenoxy) is 2. The highest BCUT2D eigenvalue weighted by atomic mass is 35.5. The maximum atomic E-state index is 13.1. The molecule has 0 bridgehead atoms. The van der Waals surface area contributed by atoms with E-state index < -0.39 is 24.3 Å². The van der Waals surface area contributed by atoms with Gasteiger partial charge < -0.3 is 14.8 Å². The van der Waals surface area contributed by atoms with Crippen LogP contribution >= 0.6 is 11.6 Å². The maximum Gasteiger partial charge on any atom is 0.331 e. The molecule has 0 saturated heterocycles. The number of esters is 1. The Hall–Kier alpha value is -3.38. The minimum absolute atomic E-state index is 0.114. The van der Waals surface area contributed by atoms with Crippen LogP contribution in [-0.2, 0) is 14.3 Å². The number of amides is 1. The fourth-order valence-corrected chi connectivity index (χ4v) is 2.77. The summed E-state index contributed by atoms with van der Waals surface area (Å²) >= 11 is 5.65. The molecule has 0 fully saturated rings. The standard InChI is InChI=1S/C22H17ClFNO4/c1-28-18-7-5-15-10-14(2-4-16(15)11-18)3-9-22(27)29-13-21(26)25-17-6-8-20(24)19(23)12-17/h2-12H,13H2,1H3,(H,25,26)/b9-3+. The van der Waals surface area contributed by atoms with Crippen LogP contribution in [0.1, 0.15) is 5.56 Å². The molecule has 5 nitrogen and oxygen atoms in total. The molecule has 0 aromatic heterocycles. The van der Waals surface area contributed by atoms with Gasteiger partial charge in [0.2, 0.25) is 0 Å². The molecule has 3 rings (SSSR count). The molecule has 0 saturated carbocycles. The molecule has 29 heavy (non-hydrogen) atoms. The second kappa shape index (κ2) is 9.21. The molecule has 0 aliphatic rings. The zero-order valence-corrected chi connectivity index (χ0v) is 16.2. The van der Waals surface area contributed by atoms with Crippen molar-refractivity contribution >= 4 is 46.0 Å². The van der Waals surface area contributed by atoms with Crippen LogP contribution in [-0.4, -0.2) is 25.6 Å². The molecule has 148 valence electrons. The third-order valence-corrected chi connectivity index (χ3v) is 4.32. The van der Waals surface area contributed by atoms with E-state index in [0.29, 0.717) is 5.69 Å². The number of methoxy groups -OCH3 is 1. The summed E-state index contributed by atoms with van der Waals surface area (Å²) in [6, 6.07) is 15.2. The molecule has 0 atom stereocenters. The normalized spacial score (nSPS) is 10.9. The lowest BCUT2D eigenvalue weighted by molar-refractivity contribution is -0.142. The first kappa shape index (κ1) is 20.4. The number of halogens is 2. The number of hydrogen-bond donors (Lipinski definition) is 1. The van der Waals surface area contributed by atoms with E-state index in [1.807, 2.05) is 36.4 Å². The van der Waals surface area contributed by atoms with Crippen molar-refractivity contribution in [1.82, 2.24) is 0 Å². The zero-order chi connectivity index (χ0) is 20.8. The predicted octanol–water partition coefficient (Wildman–Crippen LogP) is 4.84. The summed E-state index contributed by atoms with van der Waals surface area (Å²) in [6.07, 6.45) is 2.84. The van der Waals surface area contributed by atoms with Gasteiger partial charge in [0, 0.05) is 11.8 Å². The number of carbonyl (C=O) groups is 2. The molecule has 1 N–H and O–H groups in total. The van der Waals surface area contributed by atoms with Gasteiger partial charge in [0.15, 0.2) is 6.61 Å². The molecular weight excluding hydrogens is 397 g/mol. The second-order valence-electron chi connectivity index (χ2n) is 6.09. The lowest BCUT2D eigenvalue weighted by Crippen LogP contribution is -2.20. The van der Waals surface area contributed by atoms with Crippen molar-refractivity contribution in [2.24, 2.45) is 0 Å². The molecule has 0 unspecified atom stereocenters. The van der Waals surface area contributed by atoms with E-state index in [2.05, 4.69) is 5.32 Å². The van der Waals surface area contributed by atoms with Gasteiger partial charge >= 0.3 is 5.97 Å². The number of fused-ring (bicyclic) bond motifs is 1. The van der Waals surface area contributed by atoms with Gasteiger partial charge in [0.25, 0.3) is 5.91 Å². The van der Waals surface area contributed by atoms with E-state index in [0.717, 1.165) is 28.2 Å². The van der Waals surface area contributed by atoms with Crippen LogP contribution in [0.15, 0.2) is 60.7 Å². The quantitative estimate of drug-likeness (QED) is 0.464. The van der Waals surface area contributed by atoms with Crippen molar-refractivity contribution in [3.63, 3.8) is 0 Å². The molecule has 0 aliphatic carbocycles. The molecule has 1 amide bonds. The highest BCUT2D eigenvalue weighted by molar-refractivity contribution is 6.31. The summed E-state index contributed by atoms with van der Waals surface area (Å²) in [7, 11) is 1.61. The van der Waals surface area contributed by atoms with E-state index >= 15 is 0 Å². The van der Waals surface area contributed by atoms with Gasteiger partial charge in [-0.1, -0.05) is 29.8 Å². The van der Waals surface area contributed by atoms with Gasteiger partial charge in [-0.25, -0.2) is 9.18 Å². The van der Waals surface area contributed by atoms with Crippen molar-refractivity contribution in [3.05, 3.63) is 77.1 Å². The van der Waals surface area contributed by atoms with Crippen LogP contribution in [0.2, 0.25) is 5.02 Å². The minimum atomic E-state index is -0.660. The fraction of sp³-hybridized carbons (Fsp3) is 0.0909. The van der Waals surface area contributed by atoms with E-state index in [-0.39, 0.29) is 5.02 Å². The molecule has 0 spiro atoms. The first-order valence-corrected chi connectivity index (χ1v) is 9.00. The fourth-order valence-electron chi connectivity index (χ4n) is 2.59. The Morgan fingerprint density at radius 2 is 1.83 bits per heavy atom. The molecule has 0 radical (unpaired) electrons. The molecule has 3 aromatic rings. The van der Waals surface area contributed by atoms with Crippen molar-refractivity contribution in [3.8, 4) is 5.75 Å². The number of nitrogens with one attached hydrogen (secondary N) is 1. The van der Waals surface area contributed by atoms with Gasteiger partial charge in [-0.2, -0.15) is 0 Å². The highest BCUT2D eigenvalue weighted by Gasteiger charge is 2.08. The Kier molecular flexibility index (Phi) is 6.46. The van der Waals surface area contributed by atoms with Crippen LogP contribution in [0.25, 0.3) is 16.8 Å². The highest BCUT2D eigenvalue weighted by Crippen LogP contribution is 2.22. The van der Waals surface area contributed by atoms with E-state index in [9.17, 15) is 14.0 Å². The van der Waals surface area contributed by atoms with Crippen LogP contribution in [0, 0.1) is 5.82 Å². The topological polar surface area (TPSA) is 64.6 Å². The van der Waals surface area contributed by atoms with Crippen LogP contribution in [0.5, 0.6) is 5.75 Å². The smallest absolute Gasteiger partial charge is 0.331 e. The lowest BCUT2D eigenvalue weighted by Gasteiger charge is -2.06. The van der Waals surface area contributed by atoms with Gasteiger partial charge in [-0.05, 0) is 58.8 Å². The third kappa shape index (κ3) is 5.56. The number of benzene rings is 3. The SMILES string of the molecule is COc1ccc2cc(/C=C/C(=O)OCC(=O)Nc3ccc(F)c(Cl)c3)ccc2c1. The van der Waals surface area contributed by atoms with Crippen molar-refractivity contribution < 1.29 is 23.5 Å². The largest absolute Gasteiger partial charge is 0.497 e. The third-order valence-electron chi connectivity index (χ3n) is 4.03. The summed E-state index contributed by atoms with van der Waals surface area (Å²) in [5.74, 6) is -1.04. The Bertz CT molecular complexity index is 1100. The molecule has 0 heterocycles. The first-order chi connectivity index (χ1) is 13.9. The van der Waals surface area contributed by atoms with E-state index in [1.165, 1.54) is 18.2 Å². The average Bonchev–Trinajstić information content (AvgIpc) is 2.72.